The van der Waals surface area contributed by atoms with Crippen molar-refractivity contribution in [1.29, 1.82) is 5.26 Å². The Hall–Kier alpha value is -2.74. The van der Waals surface area contributed by atoms with E-state index in [4.69, 9.17) is 15.1 Å². The number of benzene rings is 1. The lowest BCUT2D eigenvalue weighted by atomic mass is 10.2. The number of carboxylic acids is 1. The van der Waals surface area contributed by atoms with E-state index in [-0.39, 0.29) is 11.3 Å². The summed E-state index contributed by atoms with van der Waals surface area (Å²) in [5.74, 6) is -0.448. The highest BCUT2D eigenvalue weighted by molar-refractivity contribution is 5.89. The summed E-state index contributed by atoms with van der Waals surface area (Å²) in [5, 5.41) is 18.0. The highest BCUT2D eigenvalue weighted by atomic mass is 16.5. The smallest absolute Gasteiger partial charge is 0.354 e. The third-order valence-electron chi connectivity index (χ3n) is 2.56. The van der Waals surface area contributed by atoms with Gasteiger partial charge in [0.1, 0.15) is 17.5 Å². The Bertz CT molecular complexity index is 621. The van der Waals surface area contributed by atoms with Crippen molar-refractivity contribution in [3.05, 3.63) is 47.8 Å². The summed E-state index contributed by atoms with van der Waals surface area (Å²) in [6.07, 6.45) is 1.56. The number of nitriles is 1. The van der Waals surface area contributed by atoms with Gasteiger partial charge in [-0.25, -0.2) is 4.79 Å². The number of hydrogen-bond donors (Lipinski definition) is 1. The Morgan fingerprint density at radius 2 is 2.00 bits per heavy atom. The van der Waals surface area contributed by atoms with Crippen LogP contribution in [0, 0.1) is 11.3 Å². The van der Waals surface area contributed by atoms with Gasteiger partial charge in [0.25, 0.3) is 0 Å². The summed E-state index contributed by atoms with van der Waals surface area (Å²) in [6.45, 7) is 0. The molecule has 0 aliphatic carbocycles. The molecule has 0 saturated heterocycles. The minimum atomic E-state index is -1.13. The van der Waals surface area contributed by atoms with E-state index in [9.17, 15) is 4.79 Å². The van der Waals surface area contributed by atoms with E-state index in [2.05, 4.69) is 0 Å². The van der Waals surface area contributed by atoms with Gasteiger partial charge < -0.3 is 14.4 Å². The second-order valence-corrected chi connectivity index (χ2v) is 3.56. The normalized spacial score (nSPS) is 9.78. The number of nitrogens with zero attached hydrogens (tertiary/aromatic N) is 2. The third kappa shape index (κ3) is 1.92. The molecule has 1 aromatic carbocycles. The number of carbonyl (C=O) groups is 1. The Morgan fingerprint density at radius 1 is 1.33 bits per heavy atom. The quantitative estimate of drug-likeness (QED) is 0.893. The molecule has 0 aliphatic heterocycles. The Kier molecular flexibility index (Phi) is 3.02. The average Bonchev–Trinajstić information content (AvgIpc) is 2.82. The van der Waals surface area contributed by atoms with Crippen LogP contribution in [0.1, 0.15) is 16.1 Å². The molecule has 0 unspecified atom stereocenters. The lowest BCUT2D eigenvalue weighted by Crippen LogP contribution is -2.07. The van der Waals surface area contributed by atoms with Gasteiger partial charge in [-0.05, 0) is 30.3 Å². The van der Waals surface area contributed by atoms with Crippen molar-refractivity contribution in [1.82, 2.24) is 4.57 Å². The molecule has 2 aromatic rings. The van der Waals surface area contributed by atoms with Crippen LogP contribution in [0.5, 0.6) is 5.75 Å². The number of methoxy groups -OCH3 is 1. The van der Waals surface area contributed by atoms with Gasteiger partial charge in [-0.15, -0.1) is 0 Å². The van der Waals surface area contributed by atoms with Gasteiger partial charge in [-0.2, -0.15) is 5.26 Å². The van der Waals surface area contributed by atoms with E-state index in [1.807, 2.05) is 6.07 Å². The Balaban J connectivity index is 2.53. The van der Waals surface area contributed by atoms with E-state index < -0.39 is 5.97 Å². The van der Waals surface area contributed by atoms with Crippen LogP contribution in [0.25, 0.3) is 5.69 Å². The second kappa shape index (κ2) is 4.63. The Morgan fingerprint density at radius 3 is 2.50 bits per heavy atom. The zero-order chi connectivity index (χ0) is 13.1. The molecular weight excluding hydrogens is 232 g/mol. The van der Waals surface area contributed by atoms with Crippen molar-refractivity contribution in [2.24, 2.45) is 0 Å². The van der Waals surface area contributed by atoms with Gasteiger partial charge in [0.15, 0.2) is 0 Å². The predicted octanol–water partition coefficient (Wildman–Crippen LogP) is 2.06. The molecule has 90 valence electrons. The van der Waals surface area contributed by atoms with Crippen LogP contribution in [-0.2, 0) is 0 Å². The molecule has 0 spiro atoms. The van der Waals surface area contributed by atoms with Crippen molar-refractivity contribution in [3.63, 3.8) is 0 Å². The summed E-state index contributed by atoms with van der Waals surface area (Å²) in [4.78, 5) is 11.2. The summed E-state index contributed by atoms with van der Waals surface area (Å²) in [5.41, 5.74) is 0.760. The molecular formula is C13H10N2O3. The first kappa shape index (κ1) is 11.7. The van der Waals surface area contributed by atoms with Crippen LogP contribution in [-0.4, -0.2) is 22.8 Å². The van der Waals surface area contributed by atoms with Gasteiger partial charge >= 0.3 is 5.97 Å². The van der Waals surface area contributed by atoms with E-state index >= 15 is 0 Å². The van der Waals surface area contributed by atoms with Crippen LogP contribution in [0.3, 0.4) is 0 Å². The molecule has 0 fully saturated rings. The number of carboxylic acid groups (broad SMARTS) is 1. The van der Waals surface area contributed by atoms with Crippen molar-refractivity contribution < 1.29 is 14.6 Å². The molecule has 0 saturated carbocycles. The number of aromatic nitrogens is 1. The molecule has 0 bridgehead atoms. The fraction of sp³-hybridized carbons (Fsp3) is 0.0769. The first-order chi connectivity index (χ1) is 8.67. The lowest BCUT2D eigenvalue weighted by Gasteiger charge is -2.07. The van der Waals surface area contributed by atoms with Crippen molar-refractivity contribution >= 4 is 5.97 Å². The maximum absolute atomic E-state index is 11.2. The van der Waals surface area contributed by atoms with Crippen LogP contribution in [0.15, 0.2) is 36.5 Å². The first-order valence-corrected chi connectivity index (χ1v) is 5.16. The third-order valence-corrected chi connectivity index (χ3v) is 2.56. The van der Waals surface area contributed by atoms with Gasteiger partial charge in [0.05, 0.1) is 12.7 Å². The molecule has 0 radical (unpaired) electrons. The fourth-order valence-corrected chi connectivity index (χ4v) is 1.70. The molecule has 18 heavy (non-hydrogen) atoms. The zero-order valence-corrected chi connectivity index (χ0v) is 9.62. The second-order valence-electron chi connectivity index (χ2n) is 3.56. The summed E-state index contributed by atoms with van der Waals surface area (Å²) in [7, 11) is 1.56. The molecule has 1 heterocycles. The number of ether oxygens (including phenoxy) is 1. The molecule has 1 N–H and O–H groups in total. The summed E-state index contributed by atoms with van der Waals surface area (Å²) >= 11 is 0. The standard InChI is InChI=1S/C13H10N2O3/c1-18-11-4-2-10(3-5-11)15-7-6-9(8-14)12(15)13(16)17/h2-7H,1H3,(H,16,17). The molecule has 2 rings (SSSR count). The van der Waals surface area contributed by atoms with E-state index in [1.54, 1.807) is 37.6 Å². The Labute approximate surface area is 103 Å². The average molecular weight is 242 g/mol. The van der Waals surface area contributed by atoms with E-state index in [0.29, 0.717) is 11.4 Å². The fourth-order valence-electron chi connectivity index (χ4n) is 1.70. The minimum absolute atomic E-state index is 0.0392. The monoisotopic (exact) mass is 242 g/mol. The first-order valence-electron chi connectivity index (χ1n) is 5.16. The van der Waals surface area contributed by atoms with E-state index in [0.717, 1.165) is 0 Å². The molecule has 0 atom stereocenters. The molecule has 0 amide bonds. The van der Waals surface area contributed by atoms with Crippen molar-refractivity contribution in [3.8, 4) is 17.5 Å². The van der Waals surface area contributed by atoms with Crippen LogP contribution in [0.2, 0.25) is 0 Å². The minimum Gasteiger partial charge on any atom is -0.497 e. The molecule has 5 nitrogen and oxygen atoms in total. The van der Waals surface area contributed by atoms with Crippen LogP contribution >= 0.6 is 0 Å². The highest BCUT2D eigenvalue weighted by Crippen LogP contribution is 2.19. The number of aromatic carboxylic acids is 1. The maximum Gasteiger partial charge on any atom is 0.354 e. The van der Waals surface area contributed by atoms with E-state index in [1.165, 1.54) is 10.6 Å². The summed E-state index contributed by atoms with van der Waals surface area (Å²) < 4.78 is 6.49. The largest absolute Gasteiger partial charge is 0.497 e. The molecule has 0 aliphatic rings. The van der Waals surface area contributed by atoms with Crippen molar-refractivity contribution in [2.75, 3.05) is 7.11 Å². The predicted molar refractivity (Wildman–Crippen MR) is 64.0 cm³/mol. The maximum atomic E-state index is 11.2. The van der Waals surface area contributed by atoms with Crippen LogP contribution in [0.4, 0.5) is 0 Å². The van der Waals surface area contributed by atoms with Gasteiger partial charge in [-0.1, -0.05) is 0 Å². The van der Waals surface area contributed by atoms with Gasteiger partial charge in [0.2, 0.25) is 0 Å². The lowest BCUT2D eigenvalue weighted by molar-refractivity contribution is 0.0688. The van der Waals surface area contributed by atoms with Crippen LogP contribution < -0.4 is 4.74 Å². The van der Waals surface area contributed by atoms with Crippen molar-refractivity contribution in [2.45, 2.75) is 0 Å². The molecule has 1 aromatic heterocycles. The number of rotatable bonds is 3. The van der Waals surface area contributed by atoms with Gasteiger partial charge in [-0.3, -0.25) is 0 Å². The number of hydrogen-bond acceptors (Lipinski definition) is 3. The highest BCUT2D eigenvalue weighted by Gasteiger charge is 2.16. The molecule has 5 heteroatoms. The van der Waals surface area contributed by atoms with Gasteiger partial charge in [0, 0.05) is 11.9 Å². The summed E-state index contributed by atoms with van der Waals surface area (Å²) in [6, 6.07) is 10.3. The zero-order valence-electron chi connectivity index (χ0n) is 9.62. The SMILES string of the molecule is COc1ccc(-n2ccc(C#N)c2C(=O)O)cc1. The topological polar surface area (TPSA) is 75.2 Å².